The van der Waals surface area contributed by atoms with Gasteiger partial charge in [-0.05, 0) is 30.3 Å². The molecule has 11 heteroatoms. The fraction of sp³-hybridized carbons (Fsp3) is 0.190. The van der Waals surface area contributed by atoms with Gasteiger partial charge in [-0.15, -0.1) is 0 Å². The fourth-order valence-electron chi connectivity index (χ4n) is 3.20. The molecule has 1 unspecified atom stereocenters. The molecular formula is C21H19N5O6. The third-order valence-corrected chi connectivity index (χ3v) is 4.77. The molecule has 0 radical (unpaired) electrons. The SMILES string of the molecule is COc1ccc(OCC(O)Cn2cnc3c(cnn3-c3ccccc3[N+](=O)[O-])c2=O)cc1. The molecule has 2 aromatic carbocycles. The lowest BCUT2D eigenvalue weighted by atomic mass is 10.2. The Morgan fingerprint density at radius 1 is 1.16 bits per heavy atom. The van der Waals surface area contributed by atoms with E-state index in [1.807, 2.05) is 0 Å². The van der Waals surface area contributed by atoms with E-state index in [1.165, 1.54) is 33.9 Å². The zero-order valence-electron chi connectivity index (χ0n) is 17.0. The highest BCUT2D eigenvalue weighted by Gasteiger charge is 2.19. The molecule has 0 saturated carbocycles. The lowest BCUT2D eigenvalue weighted by Gasteiger charge is -2.14. The second kappa shape index (κ2) is 8.86. The number of methoxy groups -OCH3 is 1. The summed E-state index contributed by atoms with van der Waals surface area (Å²) in [6, 6.07) is 12.9. The van der Waals surface area contributed by atoms with Gasteiger partial charge in [0, 0.05) is 6.07 Å². The molecular weight excluding hydrogens is 418 g/mol. The van der Waals surface area contributed by atoms with Crippen molar-refractivity contribution in [3.63, 3.8) is 0 Å². The lowest BCUT2D eigenvalue weighted by Crippen LogP contribution is -2.30. The van der Waals surface area contributed by atoms with Crippen LogP contribution in [-0.2, 0) is 6.54 Å². The molecule has 0 aliphatic rings. The van der Waals surface area contributed by atoms with Crippen LogP contribution in [0.3, 0.4) is 0 Å². The molecule has 0 bridgehead atoms. The van der Waals surface area contributed by atoms with Gasteiger partial charge in [-0.3, -0.25) is 19.5 Å². The van der Waals surface area contributed by atoms with Crippen LogP contribution in [0.2, 0.25) is 0 Å². The van der Waals surface area contributed by atoms with E-state index in [2.05, 4.69) is 10.1 Å². The van der Waals surface area contributed by atoms with Crippen molar-refractivity contribution in [3.05, 3.63) is 81.5 Å². The summed E-state index contributed by atoms with van der Waals surface area (Å²) in [5.41, 5.74) is -0.201. The van der Waals surface area contributed by atoms with E-state index in [1.54, 1.807) is 43.5 Å². The van der Waals surface area contributed by atoms with Crippen LogP contribution in [0.15, 0.2) is 65.8 Å². The molecule has 32 heavy (non-hydrogen) atoms. The van der Waals surface area contributed by atoms with Gasteiger partial charge in [-0.25, -0.2) is 9.67 Å². The number of aromatic nitrogens is 4. The average molecular weight is 437 g/mol. The summed E-state index contributed by atoms with van der Waals surface area (Å²) < 4.78 is 13.1. The minimum atomic E-state index is -0.973. The Kier molecular flexibility index (Phi) is 5.81. The minimum absolute atomic E-state index is 0.0354. The first-order valence-electron chi connectivity index (χ1n) is 9.60. The van der Waals surface area contributed by atoms with Crippen LogP contribution in [0, 0.1) is 10.1 Å². The second-order valence-electron chi connectivity index (χ2n) is 6.88. The van der Waals surface area contributed by atoms with Crippen molar-refractivity contribution in [2.24, 2.45) is 0 Å². The van der Waals surface area contributed by atoms with E-state index >= 15 is 0 Å². The maximum Gasteiger partial charge on any atom is 0.294 e. The number of nitro groups is 1. The number of hydrogen-bond donors (Lipinski definition) is 1. The highest BCUT2D eigenvalue weighted by molar-refractivity contribution is 5.76. The normalized spacial score (nSPS) is 11.9. The molecule has 164 valence electrons. The maximum absolute atomic E-state index is 12.8. The molecule has 4 rings (SSSR count). The molecule has 0 aliphatic carbocycles. The Morgan fingerprint density at radius 2 is 1.88 bits per heavy atom. The number of hydrogen-bond acceptors (Lipinski definition) is 8. The zero-order chi connectivity index (χ0) is 22.7. The van der Waals surface area contributed by atoms with Crippen molar-refractivity contribution in [1.29, 1.82) is 0 Å². The number of nitrogens with zero attached hydrogens (tertiary/aromatic N) is 5. The van der Waals surface area contributed by atoms with E-state index in [4.69, 9.17) is 9.47 Å². The molecule has 2 aromatic heterocycles. The smallest absolute Gasteiger partial charge is 0.294 e. The van der Waals surface area contributed by atoms with Crippen LogP contribution in [0.4, 0.5) is 5.69 Å². The Labute approximate surface area is 181 Å². The van der Waals surface area contributed by atoms with Crippen LogP contribution >= 0.6 is 0 Å². The van der Waals surface area contributed by atoms with Crippen molar-refractivity contribution in [2.45, 2.75) is 12.6 Å². The first-order chi connectivity index (χ1) is 15.5. The monoisotopic (exact) mass is 437 g/mol. The molecule has 0 spiro atoms. The number of aliphatic hydroxyl groups excluding tert-OH is 1. The lowest BCUT2D eigenvalue weighted by molar-refractivity contribution is -0.384. The van der Waals surface area contributed by atoms with E-state index < -0.39 is 16.6 Å². The molecule has 4 aromatic rings. The minimum Gasteiger partial charge on any atom is -0.497 e. The van der Waals surface area contributed by atoms with Gasteiger partial charge in [-0.2, -0.15) is 5.10 Å². The standard InChI is InChI=1S/C21H19N5O6/c1-31-15-6-8-16(9-7-15)32-12-14(27)11-24-13-22-20-17(21(24)28)10-23-25(20)18-4-2-3-5-19(18)26(29)30/h2-10,13-14,27H,11-12H2,1H3. The highest BCUT2D eigenvalue weighted by Crippen LogP contribution is 2.24. The number of nitro benzene ring substituents is 1. The number of benzene rings is 2. The maximum atomic E-state index is 12.8. The van der Waals surface area contributed by atoms with Crippen molar-refractivity contribution in [2.75, 3.05) is 13.7 Å². The summed E-state index contributed by atoms with van der Waals surface area (Å²) >= 11 is 0. The summed E-state index contributed by atoms with van der Waals surface area (Å²) in [4.78, 5) is 27.9. The quantitative estimate of drug-likeness (QED) is 0.326. The first kappa shape index (κ1) is 21.0. The van der Waals surface area contributed by atoms with Crippen molar-refractivity contribution < 1.29 is 19.5 Å². The Morgan fingerprint density at radius 3 is 2.59 bits per heavy atom. The van der Waals surface area contributed by atoms with Gasteiger partial charge < -0.3 is 14.6 Å². The third-order valence-electron chi connectivity index (χ3n) is 4.77. The summed E-state index contributed by atoms with van der Waals surface area (Å²) in [5.74, 6) is 1.24. The molecule has 0 saturated heterocycles. The van der Waals surface area contributed by atoms with Crippen LogP contribution in [-0.4, -0.2) is 49.2 Å². The number of aliphatic hydroxyl groups is 1. The van der Waals surface area contributed by atoms with E-state index in [0.29, 0.717) is 11.5 Å². The summed E-state index contributed by atoms with van der Waals surface area (Å²) in [5, 5.41) is 25.9. The van der Waals surface area contributed by atoms with Crippen molar-refractivity contribution >= 4 is 16.7 Å². The summed E-state index contributed by atoms with van der Waals surface area (Å²) in [6.45, 7) is -0.0825. The summed E-state index contributed by atoms with van der Waals surface area (Å²) in [6.07, 6.45) is 1.60. The molecule has 0 fully saturated rings. The molecule has 1 N–H and O–H groups in total. The Hall–Kier alpha value is -4.25. The van der Waals surface area contributed by atoms with Crippen LogP contribution in [0.5, 0.6) is 11.5 Å². The van der Waals surface area contributed by atoms with Gasteiger partial charge in [0.2, 0.25) is 0 Å². The first-order valence-corrected chi connectivity index (χ1v) is 9.60. The van der Waals surface area contributed by atoms with Crippen LogP contribution < -0.4 is 15.0 Å². The van der Waals surface area contributed by atoms with E-state index in [-0.39, 0.29) is 35.6 Å². The fourth-order valence-corrected chi connectivity index (χ4v) is 3.20. The van der Waals surface area contributed by atoms with Gasteiger partial charge in [0.15, 0.2) is 5.65 Å². The predicted octanol–water partition coefficient (Wildman–Crippen LogP) is 1.94. The predicted molar refractivity (Wildman–Crippen MR) is 114 cm³/mol. The number of ether oxygens (including phenoxy) is 2. The zero-order valence-corrected chi connectivity index (χ0v) is 17.0. The molecule has 11 nitrogen and oxygen atoms in total. The number of fused-ring (bicyclic) bond motifs is 1. The van der Waals surface area contributed by atoms with Crippen molar-refractivity contribution in [1.82, 2.24) is 19.3 Å². The Balaban J connectivity index is 1.53. The van der Waals surface area contributed by atoms with Crippen molar-refractivity contribution in [3.8, 4) is 17.2 Å². The summed E-state index contributed by atoms with van der Waals surface area (Å²) in [7, 11) is 1.56. The number of para-hydroxylation sites is 2. The molecule has 0 amide bonds. The van der Waals surface area contributed by atoms with E-state index in [0.717, 1.165) is 0 Å². The van der Waals surface area contributed by atoms with Gasteiger partial charge in [-0.1, -0.05) is 12.1 Å². The number of rotatable bonds is 8. The Bertz CT molecular complexity index is 1310. The molecule has 1 atom stereocenters. The molecule has 2 heterocycles. The van der Waals surface area contributed by atoms with Crippen LogP contribution in [0.1, 0.15) is 0 Å². The van der Waals surface area contributed by atoms with Gasteiger partial charge in [0.1, 0.15) is 41.6 Å². The second-order valence-corrected chi connectivity index (χ2v) is 6.88. The van der Waals surface area contributed by atoms with Gasteiger partial charge in [0.25, 0.3) is 11.2 Å². The van der Waals surface area contributed by atoms with Gasteiger partial charge >= 0.3 is 0 Å². The largest absolute Gasteiger partial charge is 0.497 e. The average Bonchev–Trinajstić information content (AvgIpc) is 3.24. The third kappa shape index (κ3) is 4.14. The molecule has 0 aliphatic heterocycles. The topological polar surface area (TPSA) is 135 Å². The van der Waals surface area contributed by atoms with E-state index in [9.17, 15) is 20.0 Å². The van der Waals surface area contributed by atoms with Gasteiger partial charge in [0.05, 0.1) is 24.8 Å². The van der Waals surface area contributed by atoms with Crippen LogP contribution in [0.25, 0.3) is 16.7 Å². The highest BCUT2D eigenvalue weighted by atomic mass is 16.6.